The summed E-state index contributed by atoms with van der Waals surface area (Å²) in [6.07, 6.45) is 4.41. The molecule has 7 heteroatoms. The maximum absolute atomic E-state index is 12.0. The van der Waals surface area contributed by atoms with Crippen LogP contribution in [0.3, 0.4) is 0 Å². The van der Waals surface area contributed by atoms with Gasteiger partial charge in [-0.25, -0.2) is 9.48 Å². The van der Waals surface area contributed by atoms with E-state index in [2.05, 4.69) is 21.0 Å². The van der Waals surface area contributed by atoms with Crippen LogP contribution >= 0.6 is 0 Å². The second-order valence-electron chi connectivity index (χ2n) is 5.99. The Labute approximate surface area is 147 Å². The molecule has 0 saturated heterocycles. The summed E-state index contributed by atoms with van der Waals surface area (Å²) in [5, 5.41) is 12.4. The Balaban J connectivity index is 1.84. The molecule has 7 nitrogen and oxygen atoms in total. The van der Waals surface area contributed by atoms with Crippen LogP contribution in [0.25, 0.3) is 5.69 Å². The van der Waals surface area contributed by atoms with Gasteiger partial charge in [0, 0.05) is 25.0 Å². The van der Waals surface area contributed by atoms with Gasteiger partial charge >= 0.3 is 6.03 Å². The van der Waals surface area contributed by atoms with Gasteiger partial charge in [0.15, 0.2) is 0 Å². The van der Waals surface area contributed by atoms with Gasteiger partial charge in [0.1, 0.15) is 6.04 Å². The van der Waals surface area contributed by atoms with Crippen molar-refractivity contribution in [1.82, 2.24) is 25.7 Å². The molecule has 2 atom stereocenters. The van der Waals surface area contributed by atoms with Gasteiger partial charge in [0.2, 0.25) is 5.91 Å². The van der Waals surface area contributed by atoms with Crippen LogP contribution in [0.15, 0.2) is 42.7 Å². The molecule has 0 bridgehead atoms. The molecule has 3 N–H and O–H groups in total. The van der Waals surface area contributed by atoms with Crippen LogP contribution < -0.4 is 16.0 Å². The average molecular weight is 343 g/mol. The van der Waals surface area contributed by atoms with Crippen LogP contribution in [-0.4, -0.2) is 33.8 Å². The monoisotopic (exact) mass is 343 g/mol. The van der Waals surface area contributed by atoms with Gasteiger partial charge < -0.3 is 16.0 Å². The Morgan fingerprint density at radius 1 is 1.20 bits per heavy atom. The lowest BCUT2D eigenvalue weighted by atomic mass is 10.2. The smallest absolute Gasteiger partial charge is 0.315 e. The van der Waals surface area contributed by atoms with Crippen molar-refractivity contribution in [3.63, 3.8) is 0 Å². The first-order valence-electron chi connectivity index (χ1n) is 8.43. The van der Waals surface area contributed by atoms with Crippen molar-refractivity contribution in [2.75, 3.05) is 0 Å². The van der Waals surface area contributed by atoms with E-state index >= 15 is 0 Å². The standard InChI is InChI=1S/C18H25N5O2/c1-4-13(2)21-17(24)14(3)22-18(25)19-12-15-7-5-8-16(11-15)23-10-6-9-20-23/h5-11,13-14H,4,12H2,1-3H3,(H,21,24)(H2,19,22,25)/t13-,14+/m1/s1. The zero-order valence-corrected chi connectivity index (χ0v) is 14.8. The first-order valence-corrected chi connectivity index (χ1v) is 8.43. The molecule has 25 heavy (non-hydrogen) atoms. The third kappa shape index (κ3) is 5.63. The van der Waals surface area contributed by atoms with E-state index in [9.17, 15) is 9.59 Å². The van der Waals surface area contributed by atoms with E-state index < -0.39 is 6.04 Å². The molecule has 1 aromatic heterocycles. The number of nitrogens with one attached hydrogen (secondary N) is 3. The lowest BCUT2D eigenvalue weighted by molar-refractivity contribution is -0.123. The minimum Gasteiger partial charge on any atom is -0.352 e. The van der Waals surface area contributed by atoms with E-state index in [1.807, 2.05) is 50.4 Å². The molecule has 134 valence electrons. The number of carbonyl (C=O) groups excluding carboxylic acids is 2. The number of amides is 3. The molecule has 0 unspecified atom stereocenters. The van der Waals surface area contributed by atoms with Crippen LogP contribution in [-0.2, 0) is 11.3 Å². The summed E-state index contributed by atoms with van der Waals surface area (Å²) < 4.78 is 1.75. The van der Waals surface area contributed by atoms with Gasteiger partial charge in [-0.3, -0.25) is 4.79 Å². The van der Waals surface area contributed by atoms with Gasteiger partial charge in [-0.05, 0) is 44.0 Å². The first kappa shape index (κ1) is 18.5. The molecule has 1 heterocycles. The largest absolute Gasteiger partial charge is 0.352 e. The highest BCUT2D eigenvalue weighted by Crippen LogP contribution is 2.09. The Kier molecular flexibility index (Phi) is 6.56. The summed E-state index contributed by atoms with van der Waals surface area (Å²) in [5.41, 5.74) is 1.87. The normalized spacial score (nSPS) is 12.9. The first-order chi connectivity index (χ1) is 12.0. The number of benzene rings is 1. The number of aromatic nitrogens is 2. The third-order valence-electron chi connectivity index (χ3n) is 3.87. The number of nitrogens with zero attached hydrogens (tertiary/aromatic N) is 2. The second-order valence-corrected chi connectivity index (χ2v) is 5.99. The minimum absolute atomic E-state index is 0.0878. The third-order valence-corrected chi connectivity index (χ3v) is 3.87. The number of urea groups is 1. The van der Waals surface area contributed by atoms with Crippen molar-refractivity contribution in [3.8, 4) is 5.69 Å². The van der Waals surface area contributed by atoms with Crippen LogP contribution in [0.4, 0.5) is 4.79 Å². The quantitative estimate of drug-likeness (QED) is 0.718. The van der Waals surface area contributed by atoms with Crippen LogP contribution in [0.5, 0.6) is 0 Å². The number of hydrogen-bond donors (Lipinski definition) is 3. The Morgan fingerprint density at radius 3 is 2.68 bits per heavy atom. The van der Waals surface area contributed by atoms with E-state index in [0.717, 1.165) is 17.7 Å². The molecule has 0 saturated carbocycles. The van der Waals surface area contributed by atoms with Crippen LogP contribution in [0.1, 0.15) is 32.8 Å². The summed E-state index contributed by atoms with van der Waals surface area (Å²) in [4.78, 5) is 23.9. The van der Waals surface area contributed by atoms with Gasteiger partial charge in [0.25, 0.3) is 0 Å². The van der Waals surface area contributed by atoms with E-state index in [1.54, 1.807) is 17.8 Å². The molecular formula is C18H25N5O2. The van der Waals surface area contributed by atoms with Crippen LogP contribution in [0.2, 0.25) is 0 Å². The predicted octanol–water partition coefficient (Wildman–Crippen LogP) is 1.97. The molecule has 0 aliphatic heterocycles. The summed E-state index contributed by atoms with van der Waals surface area (Å²) in [6.45, 7) is 5.95. The summed E-state index contributed by atoms with van der Waals surface area (Å²) in [5.74, 6) is -0.190. The minimum atomic E-state index is -0.593. The van der Waals surface area contributed by atoms with Gasteiger partial charge in [-0.15, -0.1) is 0 Å². The van der Waals surface area contributed by atoms with Crippen molar-refractivity contribution in [2.24, 2.45) is 0 Å². The highest BCUT2D eigenvalue weighted by atomic mass is 16.2. The lowest BCUT2D eigenvalue weighted by Gasteiger charge is -2.17. The highest BCUT2D eigenvalue weighted by Gasteiger charge is 2.16. The fraction of sp³-hybridized carbons (Fsp3) is 0.389. The van der Waals surface area contributed by atoms with E-state index in [0.29, 0.717) is 6.54 Å². The lowest BCUT2D eigenvalue weighted by Crippen LogP contribution is -2.49. The van der Waals surface area contributed by atoms with Crippen molar-refractivity contribution >= 4 is 11.9 Å². The number of rotatable bonds is 7. The molecule has 3 amide bonds. The van der Waals surface area contributed by atoms with E-state index in [-0.39, 0.29) is 18.0 Å². The summed E-state index contributed by atoms with van der Waals surface area (Å²) >= 11 is 0. The van der Waals surface area contributed by atoms with E-state index in [1.165, 1.54) is 0 Å². The van der Waals surface area contributed by atoms with Crippen molar-refractivity contribution in [3.05, 3.63) is 48.3 Å². The fourth-order valence-corrected chi connectivity index (χ4v) is 2.20. The molecule has 1 aromatic carbocycles. The molecule has 0 fully saturated rings. The van der Waals surface area contributed by atoms with Gasteiger partial charge in [-0.1, -0.05) is 19.1 Å². The van der Waals surface area contributed by atoms with Crippen molar-refractivity contribution < 1.29 is 9.59 Å². The van der Waals surface area contributed by atoms with E-state index in [4.69, 9.17) is 0 Å². The maximum atomic E-state index is 12.0. The Morgan fingerprint density at radius 2 is 2.00 bits per heavy atom. The zero-order valence-electron chi connectivity index (χ0n) is 14.8. The second kappa shape index (κ2) is 8.86. The Hall–Kier alpha value is -2.83. The topological polar surface area (TPSA) is 88.0 Å². The predicted molar refractivity (Wildman–Crippen MR) is 96.3 cm³/mol. The maximum Gasteiger partial charge on any atom is 0.315 e. The van der Waals surface area contributed by atoms with Crippen molar-refractivity contribution in [1.29, 1.82) is 0 Å². The summed E-state index contributed by atoms with van der Waals surface area (Å²) in [7, 11) is 0. The number of carbonyl (C=O) groups is 2. The van der Waals surface area contributed by atoms with Gasteiger partial charge in [0.05, 0.1) is 5.69 Å². The molecule has 2 rings (SSSR count). The Bertz CT molecular complexity index is 699. The zero-order chi connectivity index (χ0) is 18.2. The fourth-order valence-electron chi connectivity index (χ4n) is 2.20. The molecule has 0 aliphatic carbocycles. The van der Waals surface area contributed by atoms with Crippen LogP contribution in [0, 0.1) is 0 Å². The average Bonchev–Trinajstić information content (AvgIpc) is 3.14. The molecule has 0 spiro atoms. The van der Waals surface area contributed by atoms with Crippen molar-refractivity contribution in [2.45, 2.75) is 45.8 Å². The van der Waals surface area contributed by atoms with Gasteiger partial charge in [-0.2, -0.15) is 5.10 Å². The SMILES string of the molecule is CC[C@@H](C)NC(=O)[C@H](C)NC(=O)NCc1cccc(-n2cccn2)c1. The molecule has 0 aliphatic rings. The molecular weight excluding hydrogens is 318 g/mol. The molecule has 2 aromatic rings. The molecule has 0 radical (unpaired) electrons. The highest BCUT2D eigenvalue weighted by molar-refractivity contribution is 5.86. The summed E-state index contributed by atoms with van der Waals surface area (Å²) in [6, 6.07) is 8.69. The number of hydrogen-bond acceptors (Lipinski definition) is 3.